The molecule has 0 bridgehead atoms. The summed E-state index contributed by atoms with van der Waals surface area (Å²) in [5.41, 5.74) is 0. The number of esters is 1. The lowest BCUT2D eigenvalue weighted by molar-refractivity contribution is -0.151. The zero-order chi connectivity index (χ0) is 9.72. The van der Waals surface area contributed by atoms with Gasteiger partial charge in [-0.25, -0.2) is 0 Å². The van der Waals surface area contributed by atoms with Gasteiger partial charge in [0.1, 0.15) is 11.7 Å². The number of Topliss-reactive ketones (excluding diaryl/α,β-unsaturated/α-hetero) is 1. The highest BCUT2D eigenvalue weighted by Gasteiger charge is 2.18. The van der Waals surface area contributed by atoms with Crippen LogP contribution in [0.15, 0.2) is 0 Å². The maximum Gasteiger partial charge on any atom is 0.316 e. The lowest BCUT2D eigenvalue weighted by Crippen LogP contribution is -2.22. The first-order chi connectivity index (χ1) is 5.45. The predicted molar refractivity (Wildman–Crippen MR) is 45.6 cm³/mol. The van der Waals surface area contributed by atoms with E-state index in [4.69, 9.17) is 4.74 Å². The number of hydrogen-bond donors (Lipinski definition) is 0. The molecule has 70 valence electrons. The van der Waals surface area contributed by atoms with E-state index >= 15 is 0 Å². The number of carbonyl (C=O) groups is 2. The van der Waals surface area contributed by atoms with Crippen LogP contribution in [-0.2, 0) is 14.3 Å². The van der Waals surface area contributed by atoms with Crippen LogP contribution >= 0.6 is 0 Å². The Bertz CT molecular complexity index is 173. The number of carbonyl (C=O) groups excluding carboxylic acids is 2. The Labute approximate surface area is 73.1 Å². The summed E-state index contributed by atoms with van der Waals surface area (Å²) in [6.45, 7) is 7.24. The van der Waals surface area contributed by atoms with Gasteiger partial charge in [0.25, 0.3) is 0 Å². The van der Waals surface area contributed by atoms with Gasteiger partial charge in [-0.05, 0) is 19.8 Å². The highest BCUT2D eigenvalue weighted by Crippen LogP contribution is 2.02. The summed E-state index contributed by atoms with van der Waals surface area (Å²) < 4.78 is 4.87. The second-order valence-electron chi connectivity index (χ2n) is 3.36. The van der Waals surface area contributed by atoms with Crippen LogP contribution < -0.4 is 0 Å². The predicted octanol–water partition coefficient (Wildman–Crippen LogP) is 1.41. The minimum Gasteiger partial charge on any atom is -0.465 e. The van der Waals surface area contributed by atoms with E-state index < -0.39 is 11.9 Å². The molecule has 3 nitrogen and oxygen atoms in total. The van der Waals surface area contributed by atoms with Gasteiger partial charge in [0.05, 0.1) is 6.61 Å². The molecule has 0 aliphatic rings. The van der Waals surface area contributed by atoms with Gasteiger partial charge in [-0.15, -0.1) is 0 Å². The lowest BCUT2D eigenvalue weighted by Gasteiger charge is -2.09. The number of ketones is 1. The van der Waals surface area contributed by atoms with Crippen LogP contribution in [-0.4, -0.2) is 18.4 Å². The Kier molecular flexibility index (Phi) is 4.55. The first kappa shape index (κ1) is 11.1. The summed E-state index contributed by atoms with van der Waals surface area (Å²) in [5, 5.41) is 0. The van der Waals surface area contributed by atoms with Crippen molar-refractivity contribution in [3.8, 4) is 0 Å². The van der Waals surface area contributed by atoms with E-state index in [-0.39, 0.29) is 5.78 Å². The molecule has 0 spiro atoms. The van der Waals surface area contributed by atoms with Gasteiger partial charge in [0.15, 0.2) is 0 Å². The molecule has 0 heterocycles. The molecule has 12 heavy (non-hydrogen) atoms. The van der Waals surface area contributed by atoms with Crippen molar-refractivity contribution >= 4 is 11.8 Å². The Hall–Kier alpha value is -0.860. The third kappa shape index (κ3) is 4.11. The molecule has 0 amide bonds. The molecule has 0 aliphatic carbocycles. The molecule has 0 N–H and O–H groups in total. The topological polar surface area (TPSA) is 43.4 Å². The Morgan fingerprint density at radius 2 is 1.75 bits per heavy atom. The first-order valence-corrected chi connectivity index (χ1v) is 4.12. The molecular weight excluding hydrogens is 156 g/mol. The summed E-state index contributed by atoms with van der Waals surface area (Å²) in [6.07, 6.45) is 0. The average Bonchev–Trinajstić information content (AvgIpc) is 1.98. The molecule has 0 radical (unpaired) electrons. The van der Waals surface area contributed by atoms with Crippen molar-refractivity contribution < 1.29 is 14.3 Å². The van der Waals surface area contributed by atoms with Gasteiger partial charge >= 0.3 is 5.97 Å². The van der Waals surface area contributed by atoms with Crippen molar-refractivity contribution in [1.29, 1.82) is 0 Å². The molecule has 1 atom stereocenters. The molecule has 0 saturated carbocycles. The SMILES string of the molecule is CC(=O)C(C)C(=O)OCC(C)C. The van der Waals surface area contributed by atoms with E-state index in [0.29, 0.717) is 12.5 Å². The highest BCUT2D eigenvalue weighted by atomic mass is 16.5. The van der Waals surface area contributed by atoms with Crippen molar-refractivity contribution in [2.75, 3.05) is 6.61 Å². The largest absolute Gasteiger partial charge is 0.465 e. The lowest BCUT2D eigenvalue weighted by atomic mass is 10.1. The second-order valence-corrected chi connectivity index (χ2v) is 3.36. The van der Waals surface area contributed by atoms with Crippen molar-refractivity contribution in [1.82, 2.24) is 0 Å². The summed E-state index contributed by atoms with van der Waals surface area (Å²) in [4.78, 5) is 21.8. The molecule has 0 aliphatic heterocycles. The molecule has 0 saturated heterocycles. The summed E-state index contributed by atoms with van der Waals surface area (Å²) in [5.74, 6) is -0.878. The average molecular weight is 172 g/mol. The van der Waals surface area contributed by atoms with E-state index in [1.54, 1.807) is 6.92 Å². The summed E-state index contributed by atoms with van der Waals surface area (Å²) >= 11 is 0. The van der Waals surface area contributed by atoms with Crippen LogP contribution in [0.5, 0.6) is 0 Å². The third-order valence-electron chi connectivity index (χ3n) is 1.52. The minimum atomic E-state index is -0.622. The fourth-order valence-electron chi connectivity index (χ4n) is 0.540. The Morgan fingerprint density at radius 1 is 1.25 bits per heavy atom. The van der Waals surface area contributed by atoms with E-state index in [9.17, 15) is 9.59 Å². The fourth-order valence-corrected chi connectivity index (χ4v) is 0.540. The first-order valence-electron chi connectivity index (χ1n) is 4.12. The van der Waals surface area contributed by atoms with Crippen molar-refractivity contribution in [2.45, 2.75) is 27.7 Å². The maximum absolute atomic E-state index is 11.0. The summed E-state index contributed by atoms with van der Waals surface area (Å²) in [7, 11) is 0. The van der Waals surface area contributed by atoms with Gasteiger partial charge in [0, 0.05) is 0 Å². The van der Waals surface area contributed by atoms with Crippen LogP contribution in [0.2, 0.25) is 0 Å². The Balaban J connectivity index is 3.80. The van der Waals surface area contributed by atoms with Crippen LogP contribution in [0, 0.1) is 11.8 Å². The van der Waals surface area contributed by atoms with Crippen LogP contribution in [0.3, 0.4) is 0 Å². The minimum absolute atomic E-state index is 0.149. The van der Waals surface area contributed by atoms with Crippen molar-refractivity contribution in [2.24, 2.45) is 11.8 Å². The quantitative estimate of drug-likeness (QED) is 0.475. The standard InChI is InChI=1S/C9H16O3/c1-6(2)5-12-9(11)7(3)8(4)10/h6-7H,5H2,1-4H3. The van der Waals surface area contributed by atoms with E-state index in [0.717, 1.165) is 0 Å². The normalized spacial score (nSPS) is 12.8. The van der Waals surface area contributed by atoms with Crippen molar-refractivity contribution in [3.05, 3.63) is 0 Å². The zero-order valence-electron chi connectivity index (χ0n) is 8.09. The van der Waals surface area contributed by atoms with E-state index in [2.05, 4.69) is 0 Å². The molecule has 0 aromatic rings. The van der Waals surface area contributed by atoms with Gasteiger partial charge in [-0.3, -0.25) is 9.59 Å². The smallest absolute Gasteiger partial charge is 0.316 e. The van der Waals surface area contributed by atoms with Crippen LogP contribution in [0.25, 0.3) is 0 Å². The summed E-state index contributed by atoms with van der Waals surface area (Å²) in [6, 6.07) is 0. The number of ether oxygens (including phenoxy) is 1. The highest BCUT2D eigenvalue weighted by molar-refractivity contribution is 5.97. The van der Waals surface area contributed by atoms with E-state index in [1.807, 2.05) is 13.8 Å². The maximum atomic E-state index is 11.0. The van der Waals surface area contributed by atoms with Crippen LogP contribution in [0.4, 0.5) is 0 Å². The van der Waals surface area contributed by atoms with Gasteiger partial charge in [0.2, 0.25) is 0 Å². The fraction of sp³-hybridized carbons (Fsp3) is 0.778. The molecular formula is C9H16O3. The van der Waals surface area contributed by atoms with Crippen LogP contribution in [0.1, 0.15) is 27.7 Å². The molecule has 0 aromatic carbocycles. The molecule has 0 fully saturated rings. The van der Waals surface area contributed by atoms with Gasteiger partial charge < -0.3 is 4.74 Å². The molecule has 1 unspecified atom stereocenters. The number of hydrogen-bond acceptors (Lipinski definition) is 3. The zero-order valence-corrected chi connectivity index (χ0v) is 8.09. The second kappa shape index (κ2) is 4.91. The van der Waals surface area contributed by atoms with Gasteiger partial charge in [-0.2, -0.15) is 0 Å². The molecule has 0 aromatic heterocycles. The number of rotatable bonds is 4. The molecule has 3 heteroatoms. The monoisotopic (exact) mass is 172 g/mol. The molecule has 0 rings (SSSR count). The van der Waals surface area contributed by atoms with Gasteiger partial charge in [-0.1, -0.05) is 13.8 Å². The Morgan fingerprint density at radius 3 is 2.08 bits per heavy atom. The third-order valence-corrected chi connectivity index (χ3v) is 1.52. The van der Waals surface area contributed by atoms with Crippen molar-refractivity contribution in [3.63, 3.8) is 0 Å². The van der Waals surface area contributed by atoms with E-state index in [1.165, 1.54) is 6.92 Å².